The zero-order chi connectivity index (χ0) is 13.8. The molecule has 0 saturated heterocycles. The van der Waals surface area contributed by atoms with E-state index in [-0.39, 0.29) is 29.8 Å². The molecule has 0 fully saturated rings. The fourth-order valence-electron chi connectivity index (χ4n) is 1.28. The molecule has 0 unspecified atom stereocenters. The van der Waals surface area contributed by atoms with Crippen molar-refractivity contribution in [1.29, 1.82) is 0 Å². The van der Waals surface area contributed by atoms with Gasteiger partial charge in [0.05, 0.1) is 12.3 Å². The molecule has 2 rings (SSSR count). The summed E-state index contributed by atoms with van der Waals surface area (Å²) in [6.45, 7) is 1.90. The molecule has 1 heterocycles. The topological polar surface area (TPSA) is 87.6 Å². The van der Waals surface area contributed by atoms with Crippen LogP contribution < -0.4 is 10.5 Å². The van der Waals surface area contributed by atoms with Gasteiger partial charge in [0.1, 0.15) is 17.8 Å². The van der Waals surface area contributed by atoms with Crippen molar-refractivity contribution in [3.05, 3.63) is 36.0 Å². The van der Waals surface area contributed by atoms with Gasteiger partial charge in [0, 0.05) is 6.07 Å². The first-order valence-corrected chi connectivity index (χ1v) is 5.45. The number of hydrogen-bond donors (Lipinski definition) is 1. The van der Waals surface area contributed by atoms with Gasteiger partial charge in [-0.3, -0.25) is 0 Å². The lowest BCUT2D eigenvalue weighted by atomic mass is 10.3. The Balaban J connectivity index is 2.11. The van der Waals surface area contributed by atoms with Gasteiger partial charge in [-0.05, 0) is 19.1 Å². The highest BCUT2D eigenvalue weighted by molar-refractivity contribution is 5.86. The minimum atomic E-state index is -0.621. The third kappa shape index (κ3) is 3.01. The van der Waals surface area contributed by atoms with Crippen molar-refractivity contribution in [2.75, 3.05) is 12.3 Å². The summed E-state index contributed by atoms with van der Waals surface area (Å²) in [5.41, 5.74) is 5.31. The number of carbonyl (C=O) groups excluding carboxylic acids is 1. The zero-order valence-corrected chi connectivity index (χ0v) is 10.1. The number of nitrogens with zero attached hydrogens (tertiary/aromatic N) is 1. The van der Waals surface area contributed by atoms with Gasteiger partial charge in [-0.15, -0.1) is 0 Å². The number of esters is 1. The molecule has 100 valence electrons. The highest BCUT2D eigenvalue weighted by Gasteiger charge is 2.14. The van der Waals surface area contributed by atoms with Crippen molar-refractivity contribution in [1.82, 2.24) is 4.98 Å². The standard InChI is InChI=1S/C12H11FN2O4/c1-2-17-11(16)10-6-18-12(15-10)19-7-3-4-9(14)8(13)5-7/h3-6H,2,14H2,1H3. The van der Waals surface area contributed by atoms with Crippen LogP contribution in [0.2, 0.25) is 0 Å². The molecule has 0 saturated carbocycles. The highest BCUT2D eigenvalue weighted by Crippen LogP contribution is 2.23. The van der Waals surface area contributed by atoms with Crippen LogP contribution in [0.25, 0.3) is 0 Å². The minimum absolute atomic E-state index is 0.00645. The number of ether oxygens (including phenoxy) is 2. The third-order valence-electron chi connectivity index (χ3n) is 2.14. The molecular formula is C12H11FN2O4. The molecule has 2 aromatic rings. The van der Waals surface area contributed by atoms with Gasteiger partial charge in [-0.2, -0.15) is 4.98 Å². The number of carbonyl (C=O) groups is 1. The first-order valence-electron chi connectivity index (χ1n) is 5.45. The largest absolute Gasteiger partial charge is 0.461 e. The first kappa shape index (κ1) is 12.9. The molecule has 1 aromatic carbocycles. The maximum atomic E-state index is 13.2. The molecule has 0 aliphatic heterocycles. The molecule has 0 bridgehead atoms. The fourth-order valence-corrected chi connectivity index (χ4v) is 1.28. The van der Waals surface area contributed by atoms with E-state index >= 15 is 0 Å². The van der Waals surface area contributed by atoms with Crippen molar-refractivity contribution >= 4 is 11.7 Å². The molecule has 0 aliphatic rings. The average molecular weight is 266 g/mol. The molecule has 0 atom stereocenters. The summed E-state index contributed by atoms with van der Waals surface area (Å²) in [6, 6.07) is 3.89. The highest BCUT2D eigenvalue weighted by atomic mass is 19.1. The molecule has 7 heteroatoms. The van der Waals surface area contributed by atoms with E-state index < -0.39 is 11.8 Å². The Morgan fingerprint density at radius 2 is 2.32 bits per heavy atom. The third-order valence-corrected chi connectivity index (χ3v) is 2.14. The Morgan fingerprint density at radius 1 is 1.53 bits per heavy atom. The normalized spacial score (nSPS) is 10.2. The summed E-state index contributed by atoms with van der Waals surface area (Å²) in [5.74, 6) is -1.08. The van der Waals surface area contributed by atoms with E-state index in [0.29, 0.717) is 0 Å². The summed E-state index contributed by atoms with van der Waals surface area (Å²) in [6.07, 6.45) is 0.910. The quantitative estimate of drug-likeness (QED) is 0.675. The molecule has 0 spiro atoms. The summed E-state index contributed by atoms with van der Waals surface area (Å²) in [5, 5.41) is 0. The van der Waals surface area contributed by atoms with Gasteiger partial charge < -0.3 is 19.6 Å². The van der Waals surface area contributed by atoms with Gasteiger partial charge >= 0.3 is 12.0 Å². The number of nitrogen functional groups attached to an aromatic ring is 1. The van der Waals surface area contributed by atoms with Gasteiger partial charge in [0.25, 0.3) is 0 Å². The molecule has 0 aliphatic carbocycles. The Labute approximate surface area is 107 Å². The van der Waals surface area contributed by atoms with Crippen LogP contribution in [0.15, 0.2) is 28.9 Å². The van der Waals surface area contributed by atoms with Crippen molar-refractivity contribution in [2.24, 2.45) is 0 Å². The van der Waals surface area contributed by atoms with Crippen LogP contribution in [-0.2, 0) is 4.74 Å². The number of rotatable bonds is 4. The molecule has 2 N–H and O–H groups in total. The fraction of sp³-hybridized carbons (Fsp3) is 0.167. The molecule has 0 radical (unpaired) electrons. The second-order valence-electron chi connectivity index (χ2n) is 3.50. The number of nitrogens with two attached hydrogens (primary N) is 1. The number of oxazole rings is 1. The number of benzene rings is 1. The van der Waals surface area contributed by atoms with E-state index in [4.69, 9.17) is 19.6 Å². The summed E-state index contributed by atoms with van der Waals surface area (Å²) >= 11 is 0. The molecule has 6 nitrogen and oxygen atoms in total. The van der Waals surface area contributed by atoms with Crippen LogP contribution in [0.5, 0.6) is 11.8 Å². The minimum Gasteiger partial charge on any atom is -0.461 e. The maximum absolute atomic E-state index is 13.2. The van der Waals surface area contributed by atoms with Gasteiger partial charge in [-0.1, -0.05) is 0 Å². The molecule has 0 amide bonds. The lowest BCUT2D eigenvalue weighted by molar-refractivity contribution is 0.0519. The van der Waals surface area contributed by atoms with Crippen LogP contribution >= 0.6 is 0 Å². The van der Waals surface area contributed by atoms with E-state index in [1.54, 1.807) is 6.92 Å². The second-order valence-corrected chi connectivity index (χ2v) is 3.50. The van der Waals surface area contributed by atoms with Crippen molar-refractivity contribution in [2.45, 2.75) is 6.92 Å². The Kier molecular flexibility index (Phi) is 3.65. The predicted molar refractivity (Wildman–Crippen MR) is 63.3 cm³/mol. The Morgan fingerprint density at radius 3 is 3.00 bits per heavy atom. The summed E-state index contributed by atoms with van der Waals surface area (Å²) < 4.78 is 28.0. The lowest BCUT2D eigenvalue weighted by Crippen LogP contribution is -2.04. The van der Waals surface area contributed by atoms with Crippen LogP contribution in [0.3, 0.4) is 0 Å². The number of hydrogen-bond acceptors (Lipinski definition) is 6. The number of anilines is 1. The van der Waals surface area contributed by atoms with E-state index in [9.17, 15) is 9.18 Å². The van der Waals surface area contributed by atoms with E-state index in [1.165, 1.54) is 12.1 Å². The van der Waals surface area contributed by atoms with E-state index in [0.717, 1.165) is 12.3 Å². The molecule has 19 heavy (non-hydrogen) atoms. The first-order chi connectivity index (χ1) is 9.10. The maximum Gasteiger partial charge on any atom is 0.399 e. The lowest BCUT2D eigenvalue weighted by Gasteiger charge is -2.01. The summed E-state index contributed by atoms with van der Waals surface area (Å²) in [7, 11) is 0. The number of halogens is 1. The van der Waals surface area contributed by atoms with Gasteiger partial charge in [0.15, 0.2) is 5.69 Å². The van der Waals surface area contributed by atoms with Crippen LogP contribution in [0, 0.1) is 5.82 Å². The molecular weight excluding hydrogens is 255 g/mol. The average Bonchev–Trinajstić information content (AvgIpc) is 2.83. The summed E-state index contributed by atoms with van der Waals surface area (Å²) in [4.78, 5) is 15.1. The van der Waals surface area contributed by atoms with E-state index in [2.05, 4.69) is 4.98 Å². The van der Waals surface area contributed by atoms with Crippen LogP contribution in [0.1, 0.15) is 17.4 Å². The second kappa shape index (κ2) is 5.38. The van der Waals surface area contributed by atoms with Gasteiger partial charge in [0.2, 0.25) is 0 Å². The monoisotopic (exact) mass is 266 g/mol. The number of aromatic nitrogens is 1. The van der Waals surface area contributed by atoms with Crippen molar-refractivity contribution < 1.29 is 23.1 Å². The Hall–Kier alpha value is -2.57. The Bertz CT molecular complexity index is 597. The predicted octanol–water partition coefficient (Wildman–Crippen LogP) is 2.36. The SMILES string of the molecule is CCOC(=O)c1coc(Oc2ccc(N)c(F)c2)n1. The van der Waals surface area contributed by atoms with Crippen molar-refractivity contribution in [3.63, 3.8) is 0 Å². The van der Waals surface area contributed by atoms with Crippen LogP contribution in [-0.4, -0.2) is 17.6 Å². The van der Waals surface area contributed by atoms with Crippen molar-refractivity contribution in [3.8, 4) is 11.8 Å². The smallest absolute Gasteiger partial charge is 0.399 e. The molecule has 1 aromatic heterocycles. The van der Waals surface area contributed by atoms with Crippen LogP contribution in [0.4, 0.5) is 10.1 Å². The van der Waals surface area contributed by atoms with E-state index in [1.807, 2.05) is 0 Å². The zero-order valence-electron chi connectivity index (χ0n) is 10.1. The van der Waals surface area contributed by atoms with Gasteiger partial charge in [-0.25, -0.2) is 9.18 Å².